The molecular formula is C23H25N3O6. The summed E-state index contributed by atoms with van der Waals surface area (Å²) in [7, 11) is 0. The van der Waals surface area contributed by atoms with Gasteiger partial charge in [-0.25, -0.2) is 4.79 Å². The van der Waals surface area contributed by atoms with Crippen LogP contribution in [0.1, 0.15) is 58.5 Å². The number of hydrogen-bond donors (Lipinski definition) is 3. The number of pyridine rings is 1. The topological polar surface area (TPSA) is 129 Å². The second-order valence-electron chi connectivity index (χ2n) is 8.40. The first-order valence-electron chi connectivity index (χ1n) is 10.7. The van der Waals surface area contributed by atoms with Gasteiger partial charge in [0.05, 0.1) is 6.54 Å². The zero-order valence-corrected chi connectivity index (χ0v) is 17.7. The van der Waals surface area contributed by atoms with E-state index in [2.05, 4.69) is 5.32 Å². The third kappa shape index (κ3) is 3.86. The molecular weight excluding hydrogens is 414 g/mol. The molecule has 1 aromatic carbocycles. The molecule has 1 aliphatic carbocycles. The number of aryl methyl sites for hydroxylation is 1. The molecule has 2 amide bonds. The summed E-state index contributed by atoms with van der Waals surface area (Å²) < 4.78 is 1.19. The van der Waals surface area contributed by atoms with Gasteiger partial charge in [-0.1, -0.05) is 37.0 Å². The average Bonchev–Trinajstić information content (AvgIpc) is 2.77. The highest BCUT2D eigenvalue weighted by Crippen LogP contribution is 2.29. The van der Waals surface area contributed by atoms with E-state index in [1.807, 2.05) is 6.92 Å². The maximum Gasteiger partial charge on any atom is 0.341 e. The predicted molar refractivity (Wildman–Crippen MR) is 116 cm³/mol. The molecule has 0 saturated heterocycles. The van der Waals surface area contributed by atoms with E-state index in [9.17, 15) is 29.4 Å². The van der Waals surface area contributed by atoms with Crippen LogP contribution < -0.4 is 15.6 Å². The fourth-order valence-electron chi connectivity index (χ4n) is 4.44. The quantitative estimate of drug-likeness (QED) is 0.669. The molecule has 32 heavy (non-hydrogen) atoms. The van der Waals surface area contributed by atoms with Gasteiger partial charge in [-0.3, -0.25) is 19.3 Å². The minimum Gasteiger partial charge on any atom is -0.503 e. The summed E-state index contributed by atoms with van der Waals surface area (Å²) in [4.78, 5) is 51.7. The van der Waals surface area contributed by atoms with Crippen molar-refractivity contribution >= 4 is 23.5 Å². The Kier molecular flexibility index (Phi) is 5.73. The first kappa shape index (κ1) is 21.6. The Hall–Kier alpha value is -3.62. The fraction of sp³-hybridized carbons (Fsp3) is 0.391. The molecule has 2 heterocycles. The van der Waals surface area contributed by atoms with E-state index in [-0.39, 0.29) is 24.2 Å². The number of nitrogens with one attached hydrogen (secondary N) is 1. The zero-order valence-electron chi connectivity index (χ0n) is 17.7. The number of carbonyl (C=O) groups excluding carboxylic acids is 2. The van der Waals surface area contributed by atoms with Crippen LogP contribution in [0.3, 0.4) is 0 Å². The monoisotopic (exact) mass is 439 g/mol. The third-order valence-corrected chi connectivity index (χ3v) is 6.16. The zero-order chi connectivity index (χ0) is 23.0. The molecule has 0 unspecified atom stereocenters. The Bertz CT molecular complexity index is 1130. The molecule has 0 radical (unpaired) electrons. The number of aromatic hydroxyl groups is 1. The lowest BCUT2D eigenvalue weighted by Gasteiger charge is -2.38. The molecule has 9 nitrogen and oxygen atoms in total. The molecule has 0 spiro atoms. The average molecular weight is 439 g/mol. The number of amides is 2. The molecule has 2 aromatic rings. The molecule has 1 fully saturated rings. The summed E-state index contributed by atoms with van der Waals surface area (Å²) in [6.07, 6.45) is 5.92. The molecule has 1 atom stereocenters. The van der Waals surface area contributed by atoms with Crippen molar-refractivity contribution in [1.29, 1.82) is 0 Å². The lowest BCUT2D eigenvalue weighted by Crippen LogP contribution is -2.57. The molecule has 1 aromatic heterocycles. The lowest BCUT2D eigenvalue weighted by atomic mass is 9.95. The van der Waals surface area contributed by atoms with Gasteiger partial charge in [0.2, 0.25) is 11.3 Å². The minimum absolute atomic E-state index is 0.0182. The predicted octanol–water partition coefficient (Wildman–Crippen LogP) is 2.04. The second-order valence-corrected chi connectivity index (χ2v) is 8.40. The van der Waals surface area contributed by atoms with Crippen LogP contribution in [0.25, 0.3) is 0 Å². The van der Waals surface area contributed by atoms with Crippen molar-refractivity contribution in [1.82, 2.24) is 9.88 Å². The summed E-state index contributed by atoms with van der Waals surface area (Å²) in [5.74, 6) is -3.54. The highest BCUT2D eigenvalue weighted by Gasteiger charge is 2.41. The van der Waals surface area contributed by atoms with Crippen LogP contribution in [0.2, 0.25) is 0 Å². The van der Waals surface area contributed by atoms with Gasteiger partial charge in [0.25, 0.3) is 5.91 Å². The first-order chi connectivity index (χ1) is 15.3. The van der Waals surface area contributed by atoms with Crippen molar-refractivity contribution in [2.75, 3.05) is 4.90 Å². The van der Waals surface area contributed by atoms with Crippen LogP contribution in [0, 0.1) is 6.92 Å². The fourth-order valence-corrected chi connectivity index (χ4v) is 4.44. The van der Waals surface area contributed by atoms with Crippen LogP contribution in [0.5, 0.6) is 5.75 Å². The van der Waals surface area contributed by atoms with Crippen molar-refractivity contribution in [2.45, 2.75) is 57.7 Å². The van der Waals surface area contributed by atoms with Gasteiger partial charge in [0.1, 0.15) is 11.6 Å². The minimum atomic E-state index is -1.52. The van der Waals surface area contributed by atoms with E-state index in [1.54, 1.807) is 24.3 Å². The molecule has 0 bridgehead atoms. The van der Waals surface area contributed by atoms with Crippen LogP contribution in [-0.2, 0) is 11.3 Å². The third-order valence-electron chi connectivity index (χ3n) is 6.16. The number of carboxylic acids is 1. The van der Waals surface area contributed by atoms with Crippen LogP contribution in [0.4, 0.5) is 5.69 Å². The van der Waals surface area contributed by atoms with Crippen molar-refractivity contribution in [3.8, 4) is 5.75 Å². The smallest absolute Gasteiger partial charge is 0.341 e. The van der Waals surface area contributed by atoms with Gasteiger partial charge >= 0.3 is 5.97 Å². The van der Waals surface area contributed by atoms with Gasteiger partial charge in [-0.05, 0) is 31.9 Å². The molecule has 3 N–H and O–H groups in total. The van der Waals surface area contributed by atoms with Crippen molar-refractivity contribution < 1.29 is 24.6 Å². The highest BCUT2D eigenvalue weighted by molar-refractivity contribution is 6.11. The number of aromatic nitrogens is 1. The van der Waals surface area contributed by atoms with E-state index >= 15 is 0 Å². The standard InChI is InChI=1S/C23H25N3O6/c1-13-7-9-15(10-8-13)26-17(21(29)24-14-5-3-2-4-6-14)12-25-11-16(23(31)32)19(27)20(28)18(25)22(26)30/h7-11,14,17,28H,2-6,12H2,1H3,(H,24,29)(H,31,32)/t17-/m1/s1. The summed E-state index contributed by atoms with van der Waals surface area (Å²) >= 11 is 0. The number of nitrogens with zero attached hydrogens (tertiary/aromatic N) is 2. The lowest BCUT2D eigenvalue weighted by molar-refractivity contribution is -0.123. The maximum atomic E-state index is 13.4. The van der Waals surface area contributed by atoms with Gasteiger partial charge in [-0.2, -0.15) is 0 Å². The molecule has 1 saturated carbocycles. The molecule has 9 heteroatoms. The molecule has 4 rings (SSSR count). The number of rotatable bonds is 4. The van der Waals surface area contributed by atoms with Crippen molar-refractivity contribution in [2.24, 2.45) is 0 Å². The Morgan fingerprint density at radius 1 is 1.06 bits per heavy atom. The molecule has 168 valence electrons. The number of fused-ring (bicyclic) bond motifs is 1. The first-order valence-corrected chi connectivity index (χ1v) is 10.7. The maximum absolute atomic E-state index is 13.4. The highest BCUT2D eigenvalue weighted by atomic mass is 16.4. The van der Waals surface area contributed by atoms with Crippen LogP contribution >= 0.6 is 0 Å². The van der Waals surface area contributed by atoms with Crippen molar-refractivity contribution in [3.05, 3.63) is 57.5 Å². The number of anilines is 1. The summed E-state index contributed by atoms with van der Waals surface area (Å²) in [5.41, 5.74) is -0.709. The summed E-state index contributed by atoms with van der Waals surface area (Å²) in [5, 5.41) is 22.7. The summed E-state index contributed by atoms with van der Waals surface area (Å²) in [6, 6.07) is 6.05. The largest absolute Gasteiger partial charge is 0.503 e. The Morgan fingerprint density at radius 2 is 1.72 bits per heavy atom. The van der Waals surface area contributed by atoms with Crippen LogP contribution in [0.15, 0.2) is 35.3 Å². The molecule has 2 aliphatic rings. The number of hydrogen-bond acceptors (Lipinski definition) is 5. The van der Waals surface area contributed by atoms with Crippen molar-refractivity contribution in [3.63, 3.8) is 0 Å². The van der Waals surface area contributed by atoms with E-state index in [4.69, 9.17) is 0 Å². The second kappa shape index (κ2) is 8.49. The van der Waals surface area contributed by atoms with E-state index in [1.165, 1.54) is 9.47 Å². The van der Waals surface area contributed by atoms with E-state index in [0.29, 0.717) is 5.69 Å². The number of carbonyl (C=O) groups is 3. The van der Waals surface area contributed by atoms with Gasteiger partial charge in [-0.15, -0.1) is 0 Å². The Balaban J connectivity index is 1.79. The Morgan fingerprint density at radius 3 is 2.34 bits per heavy atom. The van der Waals surface area contributed by atoms with Crippen LogP contribution in [-0.4, -0.2) is 44.6 Å². The normalized spacial score (nSPS) is 18.8. The number of carboxylic acid groups (broad SMARTS) is 1. The SMILES string of the molecule is Cc1ccc(N2C(=O)c3c(O)c(=O)c(C(=O)O)cn3C[C@@H]2C(=O)NC2CCCCC2)cc1. The number of benzene rings is 1. The van der Waals surface area contributed by atoms with E-state index < -0.39 is 34.7 Å². The number of aromatic carboxylic acids is 1. The van der Waals surface area contributed by atoms with E-state index in [0.717, 1.165) is 43.9 Å². The van der Waals surface area contributed by atoms with Gasteiger partial charge < -0.3 is 20.1 Å². The Labute approximate surface area is 184 Å². The molecule has 1 aliphatic heterocycles. The van der Waals surface area contributed by atoms with Gasteiger partial charge in [0, 0.05) is 17.9 Å². The van der Waals surface area contributed by atoms with Gasteiger partial charge in [0.15, 0.2) is 11.4 Å². The summed E-state index contributed by atoms with van der Waals surface area (Å²) in [6.45, 7) is 1.80.